The van der Waals surface area contributed by atoms with E-state index >= 15 is 0 Å². The lowest BCUT2D eigenvalue weighted by Crippen LogP contribution is -2.20. The van der Waals surface area contributed by atoms with E-state index in [1.165, 1.54) is 37.8 Å². The van der Waals surface area contributed by atoms with E-state index in [9.17, 15) is 0 Å². The molecular formula is C13H19N. The van der Waals surface area contributed by atoms with Gasteiger partial charge in [-0.2, -0.15) is 0 Å². The molecule has 0 bridgehead atoms. The molecule has 76 valence electrons. The van der Waals surface area contributed by atoms with Gasteiger partial charge in [0, 0.05) is 6.54 Å². The van der Waals surface area contributed by atoms with E-state index in [4.69, 9.17) is 0 Å². The number of nitrogens with one attached hydrogen (secondary N) is 1. The van der Waals surface area contributed by atoms with Crippen LogP contribution in [0.15, 0.2) is 30.3 Å². The second-order valence-corrected chi connectivity index (χ2v) is 4.25. The molecule has 0 amide bonds. The normalized spacial score (nSPS) is 16.6. The molecule has 14 heavy (non-hydrogen) atoms. The van der Waals surface area contributed by atoms with E-state index in [1.807, 2.05) is 0 Å². The van der Waals surface area contributed by atoms with Crippen molar-refractivity contribution in [2.24, 2.45) is 5.92 Å². The number of benzene rings is 1. The molecule has 0 aromatic heterocycles. The summed E-state index contributed by atoms with van der Waals surface area (Å²) in [7, 11) is 0. The van der Waals surface area contributed by atoms with Crippen molar-refractivity contribution in [3.8, 4) is 0 Å². The zero-order valence-electron chi connectivity index (χ0n) is 8.71. The molecule has 0 spiro atoms. The van der Waals surface area contributed by atoms with Gasteiger partial charge in [-0.25, -0.2) is 0 Å². The van der Waals surface area contributed by atoms with Gasteiger partial charge in [-0.15, -0.1) is 0 Å². The molecule has 0 unspecified atom stereocenters. The topological polar surface area (TPSA) is 12.0 Å². The lowest BCUT2D eigenvalue weighted by molar-refractivity contribution is 0.292. The molecule has 0 heterocycles. The highest BCUT2D eigenvalue weighted by molar-refractivity contribution is 5.14. The molecule has 1 nitrogen and oxygen atoms in total. The van der Waals surface area contributed by atoms with E-state index in [1.54, 1.807) is 0 Å². The predicted octanol–water partition coefficient (Wildman–Crippen LogP) is 2.97. The van der Waals surface area contributed by atoms with Crippen molar-refractivity contribution in [1.29, 1.82) is 0 Å². The summed E-state index contributed by atoms with van der Waals surface area (Å²) in [6.45, 7) is 2.20. The van der Waals surface area contributed by atoms with Crippen LogP contribution in [0, 0.1) is 5.92 Å². The van der Waals surface area contributed by atoms with Gasteiger partial charge in [-0.05, 0) is 24.4 Å². The van der Waals surface area contributed by atoms with Crippen molar-refractivity contribution in [2.75, 3.05) is 6.54 Å². The van der Waals surface area contributed by atoms with Crippen LogP contribution in [0.1, 0.15) is 31.2 Å². The Hall–Kier alpha value is -0.820. The third-order valence-electron chi connectivity index (χ3n) is 3.13. The summed E-state index contributed by atoms with van der Waals surface area (Å²) in [5.41, 5.74) is 1.39. The van der Waals surface area contributed by atoms with Crippen LogP contribution in [-0.4, -0.2) is 6.54 Å². The van der Waals surface area contributed by atoms with Crippen molar-refractivity contribution >= 4 is 0 Å². The highest BCUT2D eigenvalue weighted by Gasteiger charge is 2.15. The highest BCUT2D eigenvalue weighted by atomic mass is 14.8. The molecule has 1 aliphatic carbocycles. The average molecular weight is 189 g/mol. The summed E-state index contributed by atoms with van der Waals surface area (Å²) >= 11 is 0. The predicted molar refractivity (Wildman–Crippen MR) is 60.1 cm³/mol. The van der Waals surface area contributed by atoms with Crippen molar-refractivity contribution in [3.05, 3.63) is 35.9 Å². The first-order valence-electron chi connectivity index (χ1n) is 5.70. The standard InChI is InChI=1S/C13H19N/c1-2-5-13(6-3-1)11-14-10-9-12-7-4-8-12/h1-3,5-6,12,14H,4,7-11H2. The maximum atomic E-state index is 3.50. The third kappa shape index (κ3) is 2.85. The molecule has 1 heteroatoms. The van der Waals surface area contributed by atoms with Crippen LogP contribution in [0.4, 0.5) is 0 Å². The Morgan fingerprint density at radius 3 is 2.57 bits per heavy atom. The van der Waals surface area contributed by atoms with Crippen LogP contribution in [0.2, 0.25) is 0 Å². The van der Waals surface area contributed by atoms with Gasteiger partial charge in [0.25, 0.3) is 0 Å². The molecule has 2 rings (SSSR count). The van der Waals surface area contributed by atoms with E-state index in [-0.39, 0.29) is 0 Å². The molecule has 0 aliphatic heterocycles. The summed E-state index contributed by atoms with van der Waals surface area (Å²) in [6, 6.07) is 10.6. The average Bonchev–Trinajstić information content (AvgIpc) is 2.16. The summed E-state index contributed by atoms with van der Waals surface area (Å²) < 4.78 is 0. The molecule has 1 aromatic rings. The zero-order valence-corrected chi connectivity index (χ0v) is 8.71. The van der Waals surface area contributed by atoms with Gasteiger partial charge in [0.05, 0.1) is 0 Å². The number of rotatable bonds is 5. The second kappa shape index (κ2) is 5.16. The van der Waals surface area contributed by atoms with Crippen molar-refractivity contribution in [3.63, 3.8) is 0 Å². The maximum Gasteiger partial charge on any atom is 0.0205 e. The molecule has 0 radical (unpaired) electrons. The van der Waals surface area contributed by atoms with Crippen LogP contribution in [0.5, 0.6) is 0 Å². The van der Waals surface area contributed by atoms with Crippen LogP contribution in [0.25, 0.3) is 0 Å². The van der Waals surface area contributed by atoms with Gasteiger partial charge in [-0.1, -0.05) is 49.6 Å². The van der Waals surface area contributed by atoms with E-state index in [0.717, 1.165) is 12.5 Å². The fraction of sp³-hybridized carbons (Fsp3) is 0.538. The Labute approximate surface area is 86.5 Å². The van der Waals surface area contributed by atoms with E-state index in [2.05, 4.69) is 35.6 Å². The van der Waals surface area contributed by atoms with E-state index < -0.39 is 0 Å². The Bertz CT molecular complexity index is 251. The lowest BCUT2D eigenvalue weighted by Gasteiger charge is -2.25. The van der Waals surface area contributed by atoms with Gasteiger partial charge < -0.3 is 5.32 Å². The summed E-state index contributed by atoms with van der Waals surface area (Å²) in [4.78, 5) is 0. The summed E-state index contributed by atoms with van der Waals surface area (Å²) in [5.74, 6) is 1.03. The van der Waals surface area contributed by atoms with Crippen molar-refractivity contribution in [2.45, 2.75) is 32.2 Å². The fourth-order valence-corrected chi connectivity index (χ4v) is 1.92. The van der Waals surface area contributed by atoms with Gasteiger partial charge in [-0.3, -0.25) is 0 Å². The largest absolute Gasteiger partial charge is 0.313 e. The summed E-state index contributed by atoms with van der Waals surface area (Å²) in [5, 5.41) is 3.50. The first kappa shape index (κ1) is 9.72. The Morgan fingerprint density at radius 1 is 1.14 bits per heavy atom. The minimum Gasteiger partial charge on any atom is -0.313 e. The van der Waals surface area contributed by atoms with Crippen molar-refractivity contribution < 1.29 is 0 Å². The first-order valence-corrected chi connectivity index (χ1v) is 5.70. The lowest BCUT2D eigenvalue weighted by atomic mass is 9.83. The van der Waals surface area contributed by atoms with Crippen LogP contribution in [-0.2, 0) is 6.54 Å². The molecule has 1 saturated carbocycles. The van der Waals surface area contributed by atoms with Crippen LogP contribution >= 0.6 is 0 Å². The molecule has 1 aromatic carbocycles. The van der Waals surface area contributed by atoms with E-state index in [0.29, 0.717) is 0 Å². The zero-order chi connectivity index (χ0) is 9.64. The fourth-order valence-electron chi connectivity index (χ4n) is 1.92. The summed E-state index contributed by atoms with van der Waals surface area (Å²) in [6.07, 6.45) is 5.76. The van der Waals surface area contributed by atoms with Gasteiger partial charge in [0.15, 0.2) is 0 Å². The van der Waals surface area contributed by atoms with Crippen LogP contribution < -0.4 is 5.32 Å². The molecule has 0 atom stereocenters. The minimum absolute atomic E-state index is 1.02. The van der Waals surface area contributed by atoms with Crippen LogP contribution in [0.3, 0.4) is 0 Å². The first-order chi connectivity index (χ1) is 6.95. The number of hydrogen-bond acceptors (Lipinski definition) is 1. The Kier molecular flexibility index (Phi) is 3.58. The van der Waals surface area contributed by atoms with Crippen molar-refractivity contribution in [1.82, 2.24) is 5.32 Å². The Morgan fingerprint density at radius 2 is 1.93 bits per heavy atom. The quantitative estimate of drug-likeness (QED) is 0.702. The van der Waals surface area contributed by atoms with Gasteiger partial charge in [0.1, 0.15) is 0 Å². The van der Waals surface area contributed by atoms with Gasteiger partial charge in [0.2, 0.25) is 0 Å². The monoisotopic (exact) mass is 189 g/mol. The number of hydrogen-bond donors (Lipinski definition) is 1. The molecule has 1 fully saturated rings. The smallest absolute Gasteiger partial charge is 0.0205 e. The third-order valence-corrected chi connectivity index (χ3v) is 3.13. The highest BCUT2D eigenvalue weighted by Crippen LogP contribution is 2.28. The molecular weight excluding hydrogens is 170 g/mol. The molecule has 1 N–H and O–H groups in total. The Balaban J connectivity index is 1.58. The molecule has 0 saturated heterocycles. The van der Waals surface area contributed by atoms with Gasteiger partial charge >= 0.3 is 0 Å². The minimum atomic E-state index is 1.02. The molecule has 1 aliphatic rings. The second-order valence-electron chi connectivity index (χ2n) is 4.25. The SMILES string of the molecule is c1ccc(CNCCC2CCC2)cc1. The maximum absolute atomic E-state index is 3.50.